The highest BCUT2D eigenvalue weighted by Gasteiger charge is 2.25. The van der Waals surface area contributed by atoms with E-state index in [1.165, 1.54) is 0 Å². The van der Waals surface area contributed by atoms with Crippen molar-refractivity contribution in [1.82, 2.24) is 4.98 Å². The van der Waals surface area contributed by atoms with Crippen LogP contribution in [0.5, 0.6) is 0 Å². The van der Waals surface area contributed by atoms with Crippen molar-refractivity contribution in [3.05, 3.63) is 23.4 Å². The Morgan fingerprint density at radius 2 is 2.41 bits per heavy atom. The molecule has 1 fully saturated rings. The molecule has 0 spiro atoms. The predicted octanol–water partition coefficient (Wildman–Crippen LogP) is 0.899. The first kappa shape index (κ1) is 11.9. The van der Waals surface area contributed by atoms with Gasteiger partial charge in [-0.15, -0.1) is 0 Å². The molecule has 0 amide bonds. The van der Waals surface area contributed by atoms with Gasteiger partial charge in [0.15, 0.2) is 0 Å². The number of aryl methyl sites for hydroxylation is 1. The Balaban J connectivity index is 2.33. The molecule has 17 heavy (non-hydrogen) atoms. The van der Waals surface area contributed by atoms with Crippen molar-refractivity contribution in [2.45, 2.75) is 19.4 Å². The molecule has 0 bridgehead atoms. The number of ether oxygens (including phenoxy) is 1. The van der Waals surface area contributed by atoms with Crippen LogP contribution < -0.4 is 10.6 Å². The van der Waals surface area contributed by atoms with Crippen molar-refractivity contribution in [2.24, 2.45) is 5.73 Å². The molecule has 2 heterocycles. The Bertz CT molecular complexity index is 433. The van der Waals surface area contributed by atoms with E-state index in [4.69, 9.17) is 15.9 Å². The standard InChI is InChI=1S/C12H18N4O/c1-8-3-5-15-12(10(8)11(13)14)16-6-4-9(7-16)17-2/h3,5,9H,4,6-7H2,1-2H3,(H3,13,14). The number of hydrogen-bond acceptors (Lipinski definition) is 4. The number of amidine groups is 1. The van der Waals surface area contributed by atoms with E-state index in [1.54, 1.807) is 13.3 Å². The number of nitrogens with one attached hydrogen (secondary N) is 1. The van der Waals surface area contributed by atoms with Gasteiger partial charge in [0, 0.05) is 26.4 Å². The van der Waals surface area contributed by atoms with Gasteiger partial charge in [0.25, 0.3) is 0 Å². The Hall–Kier alpha value is -1.62. The third kappa shape index (κ3) is 2.24. The SMILES string of the molecule is COC1CCN(c2nccc(C)c2C(=N)N)C1. The lowest BCUT2D eigenvalue weighted by atomic mass is 10.1. The molecule has 2 rings (SSSR count). The summed E-state index contributed by atoms with van der Waals surface area (Å²) in [5.74, 6) is 0.878. The summed E-state index contributed by atoms with van der Waals surface area (Å²) >= 11 is 0. The highest BCUT2D eigenvalue weighted by molar-refractivity contribution is 6.01. The average molecular weight is 234 g/mol. The molecular weight excluding hydrogens is 216 g/mol. The number of rotatable bonds is 3. The van der Waals surface area contributed by atoms with E-state index in [9.17, 15) is 0 Å². The van der Waals surface area contributed by atoms with Gasteiger partial charge in [-0.05, 0) is 25.0 Å². The number of hydrogen-bond donors (Lipinski definition) is 2. The van der Waals surface area contributed by atoms with Gasteiger partial charge in [0.05, 0.1) is 11.7 Å². The van der Waals surface area contributed by atoms with Crippen LogP contribution in [0.1, 0.15) is 17.5 Å². The number of pyridine rings is 1. The van der Waals surface area contributed by atoms with E-state index in [-0.39, 0.29) is 11.9 Å². The van der Waals surface area contributed by atoms with Crippen molar-refractivity contribution in [3.63, 3.8) is 0 Å². The molecule has 0 radical (unpaired) electrons. The molecule has 5 nitrogen and oxygen atoms in total. The van der Waals surface area contributed by atoms with Crippen LogP contribution in [0.15, 0.2) is 12.3 Å². The van der Waals surface area contributed by atoms with Gasteiger partial charge in [0.2, 0.25) is 0 Å². The number of aromatic nitrogens is 1. The van der Waals surface area contributed by atoms with Crippen LogP contribution in [0.3, 0.4) is 0 Å². The molecule has 0 saturated carbocycles. The van der Waals surface area contributed by atoms with Gasteiger partial charge in [0.1, 0.15) is 11.7 Å². The zero-order valence-corrected chi connectivity index (χ0v) is 10.2. The van der Waals surface area contributed by atoms with Crippen molar-refractivity contribution in [2.75, 3.05) is 25.1 Å². The number of anilines is 1. The van der Waals surface area contributed by atoms with Crippen LogP contribution >= 0.6 is 0 Å². The quantitative estimate of drug-likeness (QED) is 0.602. The minimum absolute atomic E-state index is 0.0754. The Labute approximate surface area is 101 Å². The summed E-state index contributed by atoms with van der Waals surface area (Å²) in [6.07, 6.45) is 3.00. The zero-order valence-electron chi connectivity index (χ0n) is 10.2. The van der Waals surface area contributed by atoms with Gasteiger partial charge < -0.3 is 15.4 Å². The predicted molar refractivity (Wildman–Crippen MR) is 67.6 cm³/mol. The third-order valence-electron chi connectivity index (χ3n) is 3.19. The fraction of sp³-hybridized carbons (Fsp3) is 0.500. The number of nitrogens with two attached hydrogens (primary N) is 1. The lowest BCUT2D eigenvalue weighted by Gasteiger charge is -2.21. The second-order valence-electron chi connectivity index (χ2n) is 4.33. The van der Waals surface area contributed by atoms with Gasteiger partial charge in [-0.25, -0.2) is 4.98 Å². The molecule has 1 aromatic heterocycles. The summed E-state index contributed by atoms with van der Waals surface area (Å²) in [7, 11) is 1.73. The molecule has 0 aromatic carbocycles. The number of nitrogen functional groups attached to an aromatic ring is 1. The maximum absolute atomic E-state index is 7.66. The van der Waals surface area contributed by atoms with E-state index in [0.717, 1.165) is 36.5 Å². The van der Waals surface area contributed by atoms with E-state index >= 15 is 0 Å². The number of nitrogens with zero attached hydrogens (tertiary/aromatic N) is 2. The lowest BCUT2D eigenvalue weighted by molar-refractivity contribution is 0.121. The molecule has 1 atom stereocenters. The molecule has 92 valence electrons. The summed E-state index contributed by atoms with van der Waals surface area (Å²) in [4.78, 5) is 6.50. The molecule has 3 N–H and O–H groups in total. The maximum Gasteiger partial charge on any atom is 0.139 e. The first-order valence-corrected chi connectivity index (χ1v) is 5.71. The lowest BCUT2D eigenvalue weighted by Crippen LogP contribution is -2.27. The van der Waals surface area contributed by atoms with Crippen LogP contribution in [0.4, 0.5) is 5.82 Å². The molecule has 0 aliphatic carbocycles. The van der Waals surface area contributed by atoms with E-state index in [0.29, 0.717) is 0 Å². The van der Waals surface area contributed by atoms with E-state index in [1.807, 2.05) is 13.0 Å². The smallest absolute Gasteiger partial charge is 0.139 e. The van der Waals surface area contributed by atoms with Gasteiger partial charge in [-0.3, -0.25) is 5.41 Å². The fourth-order valence-electron chi connectivity index (χ4n) is 2.23. The Morgan fingerprint density at radius 3 is 3.00 bits per heavy atom. The van der Waals surface area contributed by atoms with Crippen LogP contribution in [0.25, 0.3) is 0 Å². The van der Waals surface area contributed by atoms with Gasteiger partial charge in [-0.2, -0.15) is 0 Å². The largest absolute Gasteiger partial charge is 0.384 e. The highest BCUT2D eigenvalue weighted by atomic mass is 16.5. The highest BCUT2D eigenvalue weighted by Crippen LogP contribution is 2.24. The summed E-state index contributed by atoms with van der Waals surface area (Å²) in [6, 6.07) is 1.88. The Kier molecular flexibility index (Phi) is 3.28. The van der Waals surface area contributed by atoms with Crippen LogP contribution in [0, 0.1) is 12.3 Å². The zero-order chi connectivity index (χ0) is 12.4. The molecular formula is C12H18N4O. The molecule has 1 saturated heterocycles. The summed E-state index contributed by atoms with van der Waals surface area (Å²) < 4.78 is 5.34. The summed E-state index contributed by atoms with van der Waals surface area (Å²) in [5.41, 5.74) is 7.36. The van der Waals surface area contributed by atoms with E-state index in [2.05, 4.69) is 9.88 Å². The maximum atomic E-state index is 7.66. The Morgan fingerprint density at radius 1 is 1.65 bits per heavy atom. The molecule has 1 aromatic rings. The minimum Gasteiger partial charge on any atom is -0.384 e. The normalized spacial score (nSPS) is 19.6. The summed E-state index contributed by atoms with van der Waals surface area (Å²) in [5, 5.41) is 7.66. The van der Waals surface area contributed by atoms with Crippen LogP contribution in [-0.2, 0) is 4.74 Å². The summed E-state index contributed by atoms with van der Waals surface area (Å²) in [6.45, 7) is 3.66. The van der Waals surface area contributed by atoms with E-state index < -0.39 is 0 Å². The van der Waals surface area contributed by atoms with Crippen LogP contribution in [-0.4, -0.2) is 37.1 Å². The third-order valence-corrected chi connectivity index (χ3v) is 3.19. The second-order valence-corrected chi connectivity index (χ2v) is 4.33. The van der Waals surface area contributed by atoms with Crippen molar-refractivity contribution in [1.29, 1.82) is 5.41 Å². The average Bonchev–Trinajstić information content (AvgIpc) is 2.76. The molecule has 1 aliphatic heterocycles. The minimum atomic E-state index is 0.0754. The van der Waals surface area contributed by atoms with Crippen LogP contribution in [0.2, 0.25) is 0 Å². The van der Waals surface area contributed by atoms with Crippen molar-refractivity contribution >= 4 is 11.7 Å². The van der Waals surface area contributed by atoms with Gasteiger partial charge in [-0.1, -0.05) is 0 Å². The monoisotopic (exact) mass is 234 g/mol. The molecule has 1 aliphatic rings. The fourth-order valence-corrected chi connectivity index (χ4v) is 2.23. The first-order chi connectivity index (χ1) is 8.13. The molecule has 5 heteroatoms. The van der Waals surface area contributed by atoms with Crippen molar-refractivity contribution < 1.29 is 4.74 Å². The molecule has 1 unspecified atom stereocenters. The van der Waals surface area contributed by atoms with Crippen molar-refractivity contribution in [3.8, 4) is 0 Å². The topological polar surface area (TPSA) is 75.2 Å². The van der Waals surface area contributed by atoms with Gasteiger partial charge >= 0.3 is 0 Å². The second kappa shape index (κ2) is 4.71. The number of methoxy groups -OCH3 is 1. The first-order valence-electron chi connectivity index (χ1n) is 5.71.